The molecule has 0 aromatic carbocycles. The van der Waals surface area contributed by atoms with Crippen molar-refractivity contribution in [3.63, 3.8) is 0 Å². The Morgan fingerprint density at radius 3 is 2.38 bits per heavy atom. The van der Waals surface area contributed by atoms with Crippen LogP contribution in [0.2, 0.25) is 0 Å². The van der Waals surface area contributed by atoms with Gasteiger partial charge in [-0.1, -0.05) is 13.8 Å². The molecule has 0 aliphatic heterocycles. The number of nitrogens with two attached hydrogens (primary N) is 1. The third kappa shape index (κ3) is 1.03. The van der Waals surface area contributed by atoms with Crippen LogP contribution < -0.4 is 5.73 Å². The van der Waals surface area contributed by atoms with Crippen LogP contribution in [0.5, 0.6) is 0 Å². The van der Waals surface area contributed by atoms with Crippen molar-refractivity contribution in [1.29, 1.82) is 0 Å². The van der Waals surface area contributed by atoms with E-state index in [4.69, 9.17) is 5.73 Å². The van der Waals surface area contributed by atoms with Crippen LogP contribution in [0.4, 0.5) is 0 Å². The number of hydrogen-bond acceptors (Lipinski definition) is 2. The molecule has 0 amide bonds. The Kier molecular flexibility index (Phi) is 1.45. The molecule has 0 bridgehead atoms. The summed E-state index contributed by atoms with van der Waals surface area (Å²) >= 11 is 0. The van der Waals surface area contributed by atoms with Crippen LogP contribution in [0.15, 0.2) is 6.20 Å². The van der Waals surface area contributed by atoms with Gasteiger partial charge in [-0.25, -0.2) is 0 Å². The smallest absolute Gasteiger partial charge is 0.0644 e. The molecule has 1 aliphatic carbocycles. The molecule has 0 saturated heterocycles. The van der Waals surface area contributed by atoms with E-state index in [1.807, 2.05) is 24.9 Å². The number of aryl methyl sites for hydroxylation is 2. The van der Waals surface area contributed by atoms with Crippen molar-refractivity contribution in [2.75, 3.05) is 0 Å². The molecule has 1 aromatic heterocycles. The second kappa shape index (κ2) is 2.15. The van der Waals surface area contributed by atoms with E-state index in [1.54, 1.807) is 0 Å². The number of aromatic nitrogens is 2. The molecule has 1 aromatic rings. The first-order valence-electron chi connectivity index (χ1n) is 4.66. The summed E-state index contributed by atoms with van der Waals surface area (Å²) in [5, 5.41) is 4.32. The van der Waals surface area contributed by atoms with Crippen LogP contribution in [0.3, 0.4) is 0 Å². The minimum atomic E-state index is -0.134. The molecular weight excluding hydrogens is 162 g/mol. The maximum absolute atomic E-state index is 6.31. The molecule has 1 aliphatic rings. The third-order valence-corrected chi connectivity index (χ3v) is 3.30. The van der Waals surface area contributed by atoms with Crippen LogP contribution in [-0.2, 0) is 12.6 Å². The molecule has 0 spiro atoms. The summed E-state index contributed by atoms with van der Waals surface area (Å²) in [5.41, 5.74) is 8.68. The van der Waals surface area contributed by atoms with Gasteiger partial charge in [0.05, 0.1) is 11.2 Å². The Labute approximate surface area is 78.9 Å². The highest BCUT2D eigenvalue weighted by molar-refractivity contribution is 5.36. The van der Waals surface area contributed by atoms with Crippen LogP contribution in [0, 0.1) is 12.3 Å². The van der Waals surface area contributed by atoms with Gasteiger partial charge in [0.15, 0.2) is 0 Å². The maximum atomic E-state index is 6.31. The molecule has 0 radical (unpaired) electrons. The van der Waals surface area contributed by atoms with Gasteiger partial charge >= 0.3 is 0 Å². The third-order valence-electron chi connectivity index (χ3n) is 3.30. The molecule has 2 rings (SSSR count). The first kappa shape index (κ1) is 8.75. The zero-order valence-corrected chi connectivity index (χ0v) is 8.76. The lowest BCUT2D eigenvalue weighted by atomic mass is 9.98. The van der Waals surface area contributed by atoms with E-state index >= 15 is 0 Å². The zero-order chi connectivity index (χ0) is 9.85. The largest absolute Gasteiger partial charge is 0.321 e. The van der Waals surface area contributed by atoms with Crippen molar-refractivity contribution >= 4 is 0 Å². The van der Waals surface area contributed by atoms with Gasteiger partial charge in [0.25, 0.3) is 0 Å². The first-order valence-corrected chi connectivity index (χ1v) is 4.66. The molecule has 2 N–H and O–H groups in total. The number of rotatable bonds is 1. The lowest BCUT2D eigenvalue weighted by Gasteiger charge is -2.13. The van der Waals surface area contributed by atoms with Gasteiger partial charge in [-0.05, 0) is 18.8 Å². The Morgan fingerprint density at radius 1 is 1.54 bits per heavy atom. The van der Waals surface area contributed by atoms with Gasteiger partial charge in [0.2, 0.25) is 0 Å². The monoisotopic (exact) mass is 179 g/mol. The van der Waals surface area contributed by atoms with Gasteiger partial charge in [0.1, 0.15) is 0 Å². The standard InChI is InChI=1S/C10H17N3/c1-7-8(5-13(4)12-7)10(11)6-9(10,2)3/h5H,6,11H2,1-4H3. The number of nitrogens with zero attached hydrogens (tertiary/aromatic N) is 2. The van der Waals surface area contributed by atoms with E-state index in [9.17, 15) is 0 Å². The molecule has 1 heterocycles. The molecular formula is C10H17N3. The Bertz CT molecular complexity index is 351. The van der Waals surface area contributed by atoms with E-state index in [0.29, 0.717) is 0 Å². The minimum absolute atomic E-state index is 0.134. The molecule has 3 heteroatoms. The SMILES string of the molecule is Cc1nn(C)cc1C1(N)CC1(C)C. The van der Waals surface area contributed by atoms with E-state index < -0.39 is 0 Å². The topological polar surface area (TPSA) is 43.8 Å². The quantitative estimate of drug-likeness (QED) is 0.706. The summed E-state index contributed by atoms with van der Waals surface area (Å²) in [5.74, 6) is 0. The van der Waals surface area contributed by atoms with E-state index in [0.717, 1.165) is 12.1 Å². The lowest BCUT2D eigenvalue weighted by molar-refractivity contribution is 0.508. The molecule has 1 atom stereocenters. The predicted molar refractivity (Wildman–Crippen MR) is 52.2 cm³/mol. The van der Waals surface area contributed by atoms with Crippen molar-refractivity contribution in [2.45, 2.75) is 32.7 Å². The molecule has 1 unspecified atom stereocenters. The van der Waals surface area contributed by atoms with Gasteiger partial charge in [0, 0.05) is 18.8 Å². The zero-order valence-electron chi connectivity index (χ0n) is 8.76. The van der Waals surface area contributed by atoms with Crippen LogP contribution in [0.1, 0.15) is 31.5 Å². The van der Waals surface area contributed by atoms with Crippen molar-refractivity contribution in [1.82, 2.24) is 9.78 Å². The van der Waals surface area contributed by atoms with Gasteiger partial charge in [-0.2, -0.15) is 5.10 Å². The summed E-state index contributed by atoms with van der Waals surface area (Å²) in [6.07, 6.45) is 3.11. The molecule has 1 saturated carbocycles. The maximum Gasteiger partial charge on any atom is 0.0644 e. The highest BCUT2D eigenvalue weighted by atomic mass is 15.3. The van der Waals surface area contributed by atoms with Crippen molar-refractivity contribution in [2.24, 2.45) is 18.2 Å². The van der Waals surface area contributed by atoms with Crippen molar-refractivity contribution in [3.8, 4) is 0 Å². The fourth-order valence-electron chi connectivity index (χ4n) is 2.15. The second-order valence-electron chi connectivity index (χ2n) is 4.83. The average Bonchev–Trinajstić information content (AvgIpc) is 2.34. The predicted octanol–water partition coefficient (Wildman–Crippen LogP) is 1.31. The second-order valence-corrected chi connectivity index (χ2v) is 4.83. The molecule has 72 valence electrons. The Balaban J connectivity index is 2.43. The molecule has 1 fully saturated rings. The van der Waals surface area contributed by atoms with Crippen LogP contribution in [-0.4, -0.2) is 9.78 Å². The van der Waals surface area contributed by atoms with Gasteiger partial charge in [-0.15, -0.1) is 0 Å². The average molecular weight is 179 g/mol. The highest BCUT2D eigenvalue weighted by Crippen LogP contribution is 2.60. The van der Waals surface area contributed by atoms with E-state index in [1.165, 1.54) is 5.56 Å². The van der Waals surface area contributed by atoms with Gasteiger partial charge < -0.3 is 5.73 Å². The molecule has 3 nitrogen and oxygen atoms in total. The van der Waals surface area contributed by atoms with Crippen molar-refractivity contribution in [3.05, 3.63) is 17.5 Å². The summed E-state index contributed by atoms with van der Waals surface area (Å²) < 4.78 is 1.84. The number of hydrogen-bond donors (Lipinski definition) is 1. The summed E-state index contributed by atoms with van der Waals surface area (Å²) in [4.78, 5) is 0. The fraction of sp³-hybridized carbons (Fsp3) is 0.700. The molecule has 13 heavy (non-hydrogen) atoms. The summed E-state index contributed by atoms with van der Waals surface area (Å²) in [6.45, 7) is 6.44. The van der Waals surface area contributed by atoms with Crippen molar-refractivity contribution < 1.29 is 0 Å². The highest BCUT2D eigenvalue weighted by Gasteiger charge is 2.60. The Hall–Kier alpha value is -0.830. The fourth-order valence-corrected chi connectivity index (χ4v) is 2.15. The minimum Gasteiger partial charge on any atom is -0.321 e. The van der Waals surface area contributed by atoms with Crippen LogP contribution >= 0.6 is 0 Å². The van der Waals surface area contributed by atoms with Crippen LogP contribution in [0.25, 0.3) is 0 Å². The Morgan fingerprint density at radius 2 is 2.08 bits per heavy atom. The normalized spacial score (nSPS) is 30.5. The summed E-state index contributed by atoms with van der Waals surface area (Å²) in [6, 6.07) is 0. The summed E-state index contributed by atoms with van der Waals surface area (Å²) in [7, 11) is 1.94. The van der Waals surface area contributed by atoms with E-state index in [2.05, 4.69) is 18.9 Å². The lowest BCUT2D eigenvalue weighted by Crippen LogP contribution is -2.25. The van der Waals surface area contributed by atoms with E-state index in [-0.39, 0.29) is 11.0 Å². The van der Waals surface area contributed by atoms with Gasteiger partial charge in [-0.3, -0.25) is 4.68 Å². The first-order chi connectivity index (χ1) is 5.87.